The molecule has 0 heterocycles. The van der Waals surface area contributed by atoms with E-state index in [1.807, 2.05) is 24.3 Å². The number of rotatable bonds is 14. The third-order valence-corrected chi connectivity index (χ3v) is 8.84. The van der Waals surface area contributed by atoms with Crippen LogP contribution in [0.1, 0.15) is 45.7 Å². The van der Waals surface area contributed by atoms with Gasteiger partial charge in [-0.1, -0.05) is 151 Å². The van der Waals surface area contributed by atoms with E-state index >= 15 is 0 Å². The Morgan fingerprint density at radius 1 is 0.478 bits per heavy atom. The summed E-state index contributed by atoms with van der Waals surface area (Å²) in [4.78, 5) is 0. The molecule has 0 amide bonds. The largest absolute Gasteiger partial charge is 0.376 e. The molecule has 1 aliphatic carbocycles. The molecule has 5 atom stereocenters. The van der Waals surface area contributed by atoms with Gasteiger partial charge in [-0.2, -0.15) is 0 Å². The molecule has 6 rings (SSSR count). The van der Waals surface area contributed by atoms with Crippen LogP contribution in [0.15, 0.2) is 146 Å². The standard InChI is InChI=1S/C42H44O4/c1-32-15-14-24-37(25-32)39-26-38(31-43-27-33-16-6-2-7-17-33)40(44-28-34-18-8-3-9-19-34)42(46-30-36-22-12-5-13-23-36)41(39)45-29-35-20-10-4-11-21-35/h2-25,38-42H,26-31H2,1H3/t38-,39+,40-,41+,42+/m1/s1. The molecule has 4 heteroatoms. The molecule has 0 unspecified atom stereocenters. The maximum Gasteiger partial charge on any atom is 0.111 e. The van der Waals surface area contributed by atoms with Crippen molar-refractivity contribution in [2.45, 2.75) is 64.0 Å². The summed E-state index contributed by atoms with van der Waals surface area (Å²) in [6.07, 6.45) is 0.0816. The SMILES string of the molecule is Cc1cccc([C@@H]2C[C@H](COCc3ccccc3)[C@@H](OCc3ccccc3)[C@H](OCc3ccccc3)[C@H]2OCc2ccccc2)c1. The Balaban J connectivity index is 1.34. The maximum atomic E-state index is 6.94. The minimum atomic E-state index is -0.322. The summed E-state index contributed by atoms with van der Waals surface area (Å²) < 4.78 is 27.2. The van der Waals surface area contributed by atoms with Gasteiger partial charge in [0.2, 0.25) is 0 Å². The van der Waals surface area contributed by atoms with Crippen molar-refractivity contribution in [1.29, 1.82) is 0 Å². The van der Waals surface area contributed by atoms with Crippen LogP contribution in [-0.2, 0) is 45.4 Å². The molecule has 1 saturated carbocycles. The fourth-order valence-corrected chi connectivity index (χ4v) is 6.50. The minimum absolute atomic E-state index is 0.0929. The first-order chi connectivity index (χ1) is 22.7. The van der Waals surface area contributed by atoms with E-state index in [4.69, 9.17) is 18.9 Å². The lowest BCUT2D eigenvalue weighted by molar-refractivity contribution is -0.201. The molecule has 0 aliphatic heterocycles. The van der Waals surface area contributed by atoms with E-state index in [1.165, 1.54) is 11.1 Å². The highest BCUT2D eigenvalue weighted by atomic mass is 16.6. The Labute approximate surface area is 273 Å². The van der Waals surface area contributed by atoms with Crippen LogP contribution in [0.25, 0.3) is 0 Å². The molecule has 46 heavy (non-hydrogen) atoms. The summed E-state index contributed by atoms with van der Waals surface area (Å²) in [5.74, 6) is 0.196. The van der Waals surface area contributed by atoms with E-state index in [0.717, 1.165) is 28.7 Å². The van der Waals surface area contributed by atoms with E-state index in [2.05, 4.69) is 128 Å². The smallest absolute Gasteiger partial charge is 0.111 e. The second-order valence-electron chi connectivity index (χ2n) is 12.3. The summed E-state index contributed by atoms with van der Waals surface area (Å²) in [6, 6.07) is 50.4. The van der Waals surface area contributed by atoms with Crippen molar-refractivity contribution in [2.24, 2.45) is 5.92 Å². The van der Waals surface area contributed by atoms with Crippen molar-refractivity contribution >= 4 is 0 Å². The van der Waals surface area contributed by atoms with E-state index in [9.17, 15) is 0 Å². The average Bonchev–Trinajstić information content (AvgIpc) is 3.11. The van der Waals surface area contributed by atoms with Crippen LogP contribution in [0.5, 0.6) is 0 Å². The van der Waals surface area contributed by atoms with Crippen LogP contribution in [0.3, 0.4) is 0 Å². The molecular weight excluding hydrogens is 568 g/mol. The molecule has 0 aromatic heterocycles. The molecule has 5 aromatic rings. The van der Waals surface area contributed by atoms with Gasteiger partial charge >= 0.3 is 0 Å². The highest BCUT2D eigenvalue weighted by Crippen LogP contribution is 2.42. The lowest BCUT2D eigenvalue weighted by atomic mass is 9.72. The number of benzene rings is 5. The van der Waals surface area contributed by atoms with Crippen molar-refractivity contribution in [3.63, 3.8) is 0 Å². The molecule has 1 fully saturated rings. The lowest BCUT2D eigenvalue weighted by Gasteiger charge is -2.46. The Hall–Kier alpha value is -4.06. The third-order valence-electron chi connectivity index (χ3n) is 8.84. The van der Waals surface area contributed by atoms with E-state index in [1.54, 1.807) is 0 Å². The minimum Gasteiger partial charge on any atom is -0.376 e. The van der Waals surface area contributed by atoms with Crippen molar-refractivity contribution < 1.29 is 18.9 Å². The third kappa shape index (κ3) is 8.80. The molecule has 5 aromatic carbocycles. The van der Waals surface area contributed by atoms with Crippen LogP contribution in [0.2, 0.25) is 0 Å². The molecule has 1 aliphatic rings. The van der Waals surface area contributed by atoms with Gasteiger partial charge in [0.25, 0.3) is 0 Å². The highest BCUT2D eigenvalue weighted by Gasteiger charge is 2.47. The molecule has 0 N–H and O–H groups in total. The highest BCUT2D eigenvalue weighted by molar-refractivity contribution is 5.28. The second kappa shape index (κ2) is 16.5. The summed E-state index contributed by atoms with van der Waals surface area (Å²) >= 11 is 0. The van der Waals surface area contributed by atoms with Gasteiger partial charge in [0.05, 0.1) is 45.2 Å². The Bertz CT molecular complexity index is 1580. The number of hydrogen-bond donors (Lipinski definition) is 0. The molecule has 0 spiro atoms. The number of aryl methyl sites for hydroxylation is 1. The number of hydrogen-bond acceptors (Lipinski definition) is 4. The summed E-state index contributed by atoms with van der Waals surface area (Å²) in [5, 5.41) is 0. The zero-order chi connectivity index (χ0) is 31.4. The summed E-state index contributed by atoms with van der Waals surface area (Å²) in [6.45, 7) is 4.74. The summed E-state index contributed by atoms with van der Waals surface area (Å²) in [5.41, 5.74) is 7.07. The maximum absolute atomic E-state index is 6.94. The predicted molar refractivity (Wildman–Crippen MR) is 183 cm³/mol. The van der Waals surface area contributed by atoms with E-state index in [-0.39, 0.29) is 30.1 Å². The van der Waals surface area contributed by atoms with Gasteiger partial charge < -0.3 is 18.9 Å². The monoisotopic (exact) mass is 612 g/mol. The Morgan fingerprint density at radius 2 is 0.935 bits per heavy atom. The van der Waals surface area contributed by atoms with Crippen LogP contribution < -0.4 is 0 Å². The normalized spacial score (nSPS) is 21.2. The van der Waals surface area contributed by atoms with Gasteiger partial charge in [0, 0.05) is 11.8 Å². The van der Waals surface area contributed by atoms with Gasteiger partial charge in [-0.05, 0) is 41.2 Å². The fraction of sp³-hybridized carbons (Fsp3) is 0.286. The van der Waals surface area contributed by atoms with Crippen molar-refractivity contribution in [3.8, 4) is 0 Å². The first kappa shape index (κ1) is 31.9. The van der Waals surface area contributed by atoms with Gasteiger partial charge in [-0.15, -0.1) is 0 Å². The number of ether oxygens (including phenoxy) is 4. The van der Waals surface area contributed by atoms with Gasteiger partial charge in [0.1, 0.15) is 6.10 Å². The van der Waals surface area contributed by atoms with Crippen LogP contribution in [0, 0.1) is 12.8 Å². The molecule has 236 valence electrons. The van der Waals surface area contributed by atoms with Crippen molar-refractivity contribution in [3.05, 3.63) is 179 Å². The molecule has 4 nitrogen and oxygen atoms in total. The van der Waals surface area contributed by atoms with E-state index in [0.29, 0.717) is 33.0 Å². The van der Waals surface area contributed by atoms with Crippen LogP contribution in [0.4, 0.5) is 0 Å². The van der Waals surface area contributed by atoms with Gasteiger partial charge in [0.15, 0.2) is 0 Å². The van der Waals surface area contributed by atoms with Crippen molar-refractivity contribution in [1.82, 2.24) is 0 Å². The molecule has 0 bridgehead atoms. The Morgan fingerprint density at radius 3 is 1.43 bits per heavy atom. The van der Waals surface area contributed by atoms with Crippen LogP contribution >= 0.6 is 0 Å². The predicted octanol–water partition coefficient (Wildman–Crippen LogP) is 9.07. The average molecular weight is 613 g/mol. The van der Waals surface area contributed by atoms with Gasteiger partial charge in [-0.25, -0.2) is 0 Å². The topological polar surface area (TPSA) is 36.9 Å². The lowest BCUT2D eigenvalue weighted by Crippen LogP contribution is -2.54. The second-order valence-corrected chi connectivity index (χ2v) is 12.3. The first-order valence-corrected chi connectivity index (χ1v) is 16.4. The first-order valence-electron chi connectivity index (χ1n) is 16.4. The quantitative estimate of drug-likeness (QED) is 0.125. The van der Waals surface area contributed by atoms with Crippen molar-refractivity contribution in [2.75, 3.05) is 6.61 Å². The zero-order valence-corrected chi connectivity index (χ0v) is 26.6. The van der Waals surface area contributed by atoms with E-state index < -0.39 is 0 Å². The molecular formula is C42H44O4. The fourth-order valence-electron chi connectivity index (χ4n) is 6.50. The molecule has 0 radical (unpaired) electrons. The Kier molecular flexibility index (Phi) is 11.4. The summed E-state index contributed by atoms with van der Waals surface area (Å²) in [7, 11) is 0. The molecule has 0 saturated heterocycles. The zero-order valence-electron chi connectivity index (χ0n) is 26.6. The van der Waals surface area contributed by atoms with Gasteiger partial charge in [-0.3, -0.25) is 0 Å². The van der Waals surface area contributed by atoms with Crippen LogP contribution in [-0.4, -0.2) is 24.9 Å².